The van der Waals surface area contributed by atoms with Crippen LogP contribution in [0, 0.1) is 0 Å². The van der Waals surface area contributed by atoms with Crippen LogP contribution in [0.3, 0.4) is 0 Å². The van der Waals surface area contributed by atoms with Crippen molar-refractivity contribution in [1.29, 1.82) is 0 Å². The summed E-state index contributed by atoms with van der Waals surface area (Å²) in [6.45, 7) is 4.25. The van der Waals surface area contributed by atoms with Gasteiger partial charge in [-0.05, 0) is 19.4 Å². The van der Waals surface area contributed by atoms with E-state index in [1.54, 1.807) is 0 Å². The highest BCUT2D eigenvalue weighted by atomic mass is 15.0. The Hall–Kier alpha value is -0.0800. The Bertz CT molecular complexity index is 74.6. The number of nitrogens with one attached hydrogen (secondary N) is 1. The van der Waals surface area contributed by atoms with Gasteiger partial charge in [0.05, 0.1) is 0 Å². The average molecular weight is 114 g/mol. The summed E-state index contributed by atoms with van der Waals surface area (Å²) in [7, 11) is 0. The average Bonchev–Trinajstić information content (AvgIpc) is 2.17. The zero-order valence-corrected chi connectivity index (χ0v) is 5.41. The fraction of sp³-hybridized carbons (Fsp3) is 1.00. The monoisotopic (exact) mass is 114 g/mol. The summed E-state index contributed by atoms with van der Waals surface area (Å²) in [5.41, 5.74) is 6.02. The first-order valence-corrected chi connectivity index (χ1v) is 3.26. The molecule has 0 aliphatic carbocycles. The molecule has 1 unspecified atom stereocenters. The van der Waals surface area contributed by atoms with E-state index in [4.69, 9.17) is 5.73 Å². The first kappa shape index (κ1) is 6.05. The van der Waals surface area contributed by atoms with Gasteiger partial charge in [-0.1, -0.05) is 6.92 Å². The summed E-state index contributed by atoms with van der Waals surface area (Å²) in [4.78, 5) is 0. The lowest BCUT2D eigenvalue weighted by atomic mass is 9.97. The molecule has 0 aromatic rings. The molecule has 1 aliphatic rings. The van der Waals surface area contributed by atoms with Crippen molar-refractivity contribution in [1.82, 2.24) is 5.32 Å². The minimum Gasteiger partial charge on any atom is -0.324 e. The minimum absolute atomic E-state index is 0.125. The van der Waals surface area contributed by atoms with Crippen LogP contribution >= 0.6 is 0 Å². The van der Waals surface area contributed by atoms with Crippen LogP contribution < -0.4 is 11.1 Å². The predicted molar refractivity (Wildman–Crippen MR) is 34.7 cm³/mol. The molecule has 1 fully saturated rings. The summed E-state index contributed by atoms with van der Waals surface area (Å²) < 4.78 is 0. The normalized spacial score (nSPS) is 38.2. The van der Waals surface area contributed by atoms with Gasteiger partial charge in [-0.3, -0.25) is 0 Å². The quantitative estimate of drug-likeness (QED) is 0.507. The zero-order chi connectivity index (χ0) is 6.04. The predicted octanol–water partition coefficient (Wildman–Crippen LogP) is 0.0872. The standard InChI is InChI=1S/C6H14N2/c1-2-6(7)3-4-8-5-6/h8H,2-5,7H2,1H3. The highest BCUT2D eigenvalue weighted by Gasteiger charge is 2.26. The lowest BCUT2D eigenvalue weighted by Gasteiger charge is -2.18. The van der Waals surface area contributed by atoms with E-state index >= 15 is 0 Å². The maximum Gasteiger partial charge on any atom is 0.0290 e. The van der Waals surface area contributed by atoms with E-state index in [2.05, 4.69) is 12.2 Å². The minimum atomic E-state index is 0.125. The van der Waals surface area contributed by atoms with Crippen molar-refractivity contribution in [3.05, 3.63) is 0 Å². The molecule has 8 heavy (non-hydrogen) atoms. The van der Waals surface area contributed by atoms with E-state index in [0.717, 1.165) is 25.9 Å². The Labute approximate surface area is 50.4 Å². The van der Waals surface area contributed by atoms with Crippen molar-refractivity contribution in [3.63, 3.8) is 0 Å². The Morgan fingerprint density at radius 3 is 2.75 bits per heavy atom. The van der Waals surface area contributed by atoms with Gasteiger partial charge in [0.1, 0.15) is 0 Å². The van der Waals surface area contributed by atoms with Crippen molar-refractivity contribution in [3.8, 4) is 0 Å². The van der Waals surface area contributed by atoms with E-state index < -0.39 is 0 Å². The molecule has 1 aliphatic heterocycles. The van der Waals surface area contributed by atoms with Crippen molar-refractivity contribution in [2.45, 2.75) is 25.3 Å². The van der Waals surface area contributed by atoms with Crippen LogP contribution in [0.1, 0.15) is 19.8 Å². The van der Waals surface area contributed by atoms with Gasteiger partial charge in [-0.2, -0.15) is 0 Å². The second-order valence-corrected chi connectivity index (χ2v) is 2.64. The van der Waals surface area contributed by atoms with Crippen LogP contribution in [0.5, 0.6) is 0 Å². The third kappa shape index (κ3) is 1.01. The summed E-state index contributed by atoms with van der Waals surface area (Å²) >= 11 is 0. The molecule has 0 aromatic heterocycles. The topological polar surface area (TPSA) is 38.0 Å². The summed E-state index contributed by atoms with van der Waals surface area (Å²) in [5, 5.41) is 3.24. The number of nitrogens with two attached hydrogens (primary N) is 1. The van der Waals surface area contributed by atoms with Crippen LogP contribution in [-0.2, 0) is 0 Å². The van der Waals surface area contributed by atoms with Gasteiger partial charge in [-0.25, -0.2) is 0 Å². The van der Waals surface area contributed by atoms with Gasteiger partial charge < -0.3 is 11.1 Å². The fourth-order valence-electron chi connectivity index (χ4n) is 1.06. The van der Waals surface area contributed by atoms with Crippen LogP contribution in [0.2, 0.25) is 0 Å². The van der Waals surface area contributed by atoms with Gasteiger partial charge in [0.25, 0.3) is 0 Å². The van der Waals surface area contributed by atoms with Crippen molar-refractivity contribution >= 4 is 0 Å². The number of hydrogen-bond acceptors (Lipinski definition) is 2. The molecule has 1 saturated heterocycles. The van der Waals surface area contributed by atoms with Gasteiger partial charge in [-0.15, -0.1) is 0 Å². The lowest BCUT2D eigenvalue weighted by molar-refractivity contribution is 0.452. The Kier molecular flexibility index (Phi) is 1.54. The van der Waals surface area contributed by atoms with Crippen molar-refractivity contribution in [2.75, 3.05) is 13.1 Å². The molecule has 0 spiro atoms. The third-order valence-electron chi connectivity index (χ3n) is 1.98. The van der Waals surface area contributed by atoms with Crippen LogP contribution in [0.4, 0.5) is 0 Å². The first-order chi connectivity index (χ1) is 3.77. The first-order valence-electron chi connectivity index (χ1n) is 3.26. The van der Waals surface area contributed by atoms with E-state index in [9.17, 15) is 0 Å². The van der Waals surface area contributed by atoms with Gasteiger partial charge in [0.15, 0.2) is 0 Å². The molecule has 1 rings (SSSR count). The van der Waals surface area contributed by atoms with E-state index in [1.165, 1.54) is 0 Å². The highest BCUT2D eigenvalue weighted by Crippen LogP contribution is 2.13. The smallest absolute Gasteiger partial charge is 0.0290 e. The Morgan fingerprint density at radius 1 is 1.75 bits per heavy atom. The molecule has 0 aromatic carbocycles. The van der Waals surface area contributed by atoms with E-state index in [1.807, 2.05) is 0 Å². The van der Waals surface area contributed by atoms with Crippen molar-refractivity contribution in [2.24, 2.45) is 5.73 Å². The molecular formula is C6H14N2. The number of rotatable bonds is 1. The second-order valence-electron chi connectivity index (χ2n) is 2.64. The molecule has 2 heteroatoms. The molecule has 2 nitrogen and oxygen atoms in total. The molecule has 0 saturated carbocycles. The van der Waals surface area contributed by atoms with Crippen molar-refractivity contribution < 1.29 is 0 Å². The second kappa shape index (κ2) is 2.03. The largest absolute Gasteiger partial charge is 0.324 e. The molecular weight excluding hydrogens is 100 g/mol. The lowest BCUT2D eigenvalue weighted by Crippen LogP contribution is -2.40. The summed E-state index contributed by atoms with van der Waals surface area (Å²) in [6, 6.07) is 0. The van der Waals surface area contributed by atoms with E-state index in [-0.39, 0.29) is 5.54 Å². The van der Waals surface area contributed by atoms with Crippen LogP contribution in [0.25, 0.3) is 0 Å². The zero-order valence-electron chi connectivity index (χ0n) is 5.41. The van der Waals surface area contributed by atoms with Gasteiger partial charge in [0, 0.05) is 12.1 Å². The molecule has 0 bridgehead atoms. The van der Waals surface area contributed by atoms with Gasteiger partial charge in [0.2, 0.25) is 0 Å². The highest BCUT2D eigenvalue weighted by molar-refractivity contribution is 4.90. The SMILES string of the molecule is CCC1(N)CCNC1. The molecule has 1 heterocycles. The Morgan fingerprint density at radius 2 is 2.50 bits per heavy atom. The maximum absolute atomic E-state index is 5.90. The van der Waals surface area contributed by atoms with Gasteiger partial charge >= 0.3 is 0 Å². The fourth-order valence-corrected chi connectivity index (χ4v) is 1.06. The maximum atomic E-state index is 5.90. The summed E-state index contributed by atoms with van der Waals surface area (Å²) in [5.74, 6) is 0. The van der Waals surface area contributed by atoms with Crippen LogP contribution in [-0.4, -0.2) is 18.6 Å². The third-order valence-corrected chi connectivity index (χ3v) is 1.98. The molecule has 1 atom stereocenters. The van der Waals surface area contributed by atoms with Crippen LogP contribution in [0.15, 0.2) is 0 Å². The van der Waals surface area contributed by atoms with E-state index in [0.29, 0.717) is 0 Å². The molecule has 0 radical (unpaired) electrons. The molecule has 3 N–H and O–H groups in total. The molecule has 0 amide bonds. The summed E-state index contributed by atoms with van der Waals surface area (Å²) in [6.07, 6.45) is 2.24. The molecule has 48 valence electrons. The number of hydrogen-bond donors (Lipinski definition) is 2. The Balaban J connectivity index is 2.40.